The second kappa shape index (κ2) is 6.08. The summed E-state index contributed by atoms with van der Waals surface area (Å²) >= 11 is 0. The molecule has 6 heteroatoms. The number of hydrogen-bond acceptors (Lipinski definition) is 4. The highest BCUT2D eigenvalue weighted by molar-refractivity contribution is 5.87. The fourth-order valence-corrected chi connectivity index (χ4v) is 2.00. The molecule has 0 radical (unpaired) electrons. The first kappa shape index (κ1) is 13.2. The molecule has 0 saturated heterocycles. The van der Waals surface area contributed by atoms with Gasteiger partial charge in [0, 0.05) is 44.2 Å². The minimum atomic E-state index is -0.259. The molecule has 1 N–H and O–H groups in total. The van der Waals surface area contributed by atoms with Crippen molar-refractivity contribution in [3.63, 3.8) is 0 Å². The zero-order chi connectivity index (χ0) is 13.7. The van der Waals surface area contributed by atoms with Crippen molar-refractivity contribution >= 4 is 11.8 Å². The van der Waals surface area contributed by atoms with Crippen LogP contribution in [0.15, 0.2) is 25.2 Å². The van der Waals surface area contributed by atoms with Crippen LogP contribution in [0.4, 0.5) is 0 Å². The summed E-state index contributed by atoms with van der Waals surface area (Å²) in [5.74, 6) is -0.232. The van der Waals surface area contributed by atoms with Gasteiger partial charge in [0.2, 0.25) is 11.8 Å². The summed E-state index contributed by atoms with van der Waals surface area (Å²) in [6, 6.07) is 0. The number of carbonyl (C=O) groups is 2. The molecule has 0 atom stereocenters. The number of rotatable bonds is 4. The van der Waals surface area contributed by atoms with E-state index in [-0.39, 0.29) is 11.8 Å². The van der Waals surface area contributed by atoms with Crippen LogP contribution in [0, 0.1) is 0 Å². The van der Waals surface area contributed by atoms with E-state index in [9.17, 15) is 9.59 Å². The first-order valence-electron chi connectivity index (χ1n) is 6.16. The minimum absolute atomic E-state index is 0.0267. The Morgan fingerprint density at radius 3 is 3.16 bits per heavy atom. The first-order chi connectivity index (χ1) is 9.20. The summed E-state index contributed by atoms with van der Waals surface area (Å²) in [5, 5.41) is 2.59. The van der Waals surface area contributed by atoms with E-state index in [1.54, 1.807) is 11.1 Å². The van der Waals surface area contributed by atoms with Crippen molar-refractivity contribution in [2.45, 2.75) is 19.4 Å². The van der Waals surface area contributed by atoms with Gasteiger partial charge in [0.25, 0.3) is 0 Å². The lowest BCUT2D eigenvalue weighted by molar-refractivity contribution is -0.132. The third kappa shape index (κ3) is 3.37. The van der Waals surface area contributed by atoms with Crippen LogP contribution < -0.4 is 5.32 Å². The van der Waals surface area contributed by atoms with Crippen LogP contribution in [-0.2, 0) is 22.6 Å². The Morgan fingerprint density at radius 1 is 1.53 bits per heavy atom. The Balaban J connectivity index is 1.85. The summed E-state index contributed by atoms with van der Waals surface area (Å²) < 4.78 is 0. The van der Waals surface area contributed by atoms with Crippen molar-refractivity contribution in [1.29, 1.82) is 0 Å². The molecule has 0 spiro atoms. The molecule has 6 nitrogen and oxygen atoms in total. The van der Waals surface area contributed by atoms with Crippen molar-refractivity contribution in [2.24, 2.45) is 0 Å². The fourth-order valence-electron chi connectivity index (χ4n) is 2.00. The normalized spacial score (nSPS) is 13.6. The van der Waals surface area contributed by atoms with Crippen molar-refractivity contribution in [1.82, 2.24) is 20.2 Å². The lowest BCUT2D eigenvalue weighted by Gasteiger charge is -2.27. The highest BCUT2D eigenvalue weighted by Gasteiger charge is 2.21. The maximum atomic E-state index is 12.0. The Labute approximate surface area is 111 Å². The molecule has 1 aliphatic rings. The van der Waals surface area contributed by atoms with E-state index in [0.29, 0.717) is 26.1 Å². The Bertz CT molecular complexity index is 501. The SMILES string of the molecule is C=CC(=O)NCCC(=O)N1CCc2ncncc2C1. The van der Waals surface area contributed by atoms with Crippen LogP contribution in [-0.4, -0.2) is 39.8 Å². The average Bonchev–Trinajstić information content (AvgIpc) is 2.46. The Hall–Kier alpha value is -2.24. The van der Waals surface area contributed by atoms with E-state index in [1.807, 2.05) is 0 Å². The Morgan fingerprint density at radius 2 is 2.37 bits per heavy atom. The van der Waals surface area contributed by atoms with Crippen LogP contribution in [0.5, 0.6) is 0 Å². The van der Waals surface area contributed by atoms with Gasteiger partial charge in [-0.05, 0) is 6.08 Å². The molecule has 0 unspecified atom stereocenters. The van der Waals surface area contributed by atoms with Crippen LogP contribution in [0.3, 0.4) is 0 Å². The van der Waals surface area contributed by atoms with Gasteiger partial charge in [0.15, 0.2) is 0 Å². The third-order valence-electron chi connectivity index (χ3n) is 3.04. The van der Waals surface area contributed by atoms with Crippen molar-refractivity contribution in [3.8, 4) is 0 Å². The molecule has 100 valence electrons. The fraction of sp³-hybridized carbons (Fsp3) is 0.385. The van der Waals surface area contributed by atoms with Gasteiger partial charge in [0.1, 0.15) is 6.33 Å². The van der Waals surface area contributed by atoms with Gasteiger partial charge in [-0.1, -0.05) is 6.58 Å². The molecule has 19 heavy (non-hydrogen) atoms. The zero-order valence-corrected chi connectivity index (χ0v) is 10.6. The summed E-state index contributed by atoms with van der Waals surface area (Å²) in [6.07, 6.45) is 5.52. The predicted molar refractivity (Wildman–Crippen MR) is 69.0 cm³/mol. The number of aromatic nitrogens is 2. The number of fused-ring (bicyclic) bond motifs is 1. The molecule has 1 aromatic heterocycles. The molecular formula is C13H16N4O2. The number of nitrogens with one attached hydrogen (secondary N) is 1. The number of carbonyl (C=O) groups excluding carboxylic acids is 2. The standard InChI is InChI=1S/C13H16N4O2/c1-2-12(18)15-5-3-13(19)17-6-4-11-10(8-17)7-14-9-16-11/h2,7,9H,1,3-6,8H2,(H,15,18). The highest BCUT2D eigenvalue weighted by Crippen LogP contribution is 2.15. The van der Waals surface area contributed by atoms with Gasteiger partial charge in [0.05, 0.1) is 5.69 Å². The minimum Gasteiger partial charge on any atom is -0.352 e. The van der Waals surface area contributed by atoms with Gasteiger partial charge in [-0.15, -0.1) is 0 Å². The lowest BCUT2D eigenvalue weighted by Crippen LogP contribution is -2.38. The molecule has 0 bridgehead atoms. The van der Waals surface area contributed by atoms with E-state index in [4.69, 9.17) is 0 Å². The topological polar surface area (TPSA) is 75.2 Å². The maximum Gasteiger partial charge on any atom is 0.243 e. The predicted octanol–water partition coefficient (Wildman–Crippen LogP) is 0.0536. The van der Waals surface area contributed by atoms with Crippen molar-refractivity contribution in [2.75, 3.05) is 13.1 Å². The van der Waals surface area contributed by atoms with Gasteiger partial charge < -0.3 is 10.2 Å². The summed E-state index contributed by atoms with van der Waals surface area (Å²) in [4.78, 5) is 32.9. The molecule has 2 amide bonds. The largest absolute Gasteiger partial charge is 0.352 e. The van der Waals surface area contributed by atoms with Gasteiger partial charge in [-0.2, -0.15) is 0 Å². The summed E-state index contributed by atoms with van der Waals surface area (Å²) in [7, 11) is 0. The molecule has 0 aromatic carbocycles. The van der Waals surface area contributed by atoms with E-state index in [0.717, 1.165) is 17.7 Å². The van der Waals surface area contributed by atoms with Gasteiger partial charge in [-0.25, -0.2) is 9.97 Å². The van der Waals surface area contributed by atoms with E-state index >= 15 is 0 Å². The Kier molecular flexibility index (Phi) is 4.22. The number of amides is 2. The quantitative estimate of drug-likeness (QED) is 0.776. The van der Waals surface area contributed by atoms with Gasteiger partial charge >= 0.3 is 0 Å². The van der Waals surface area contributed by atoms with Crippen LogP contribution >= 0.6 is 0 Å². The summed E-state index contributed by atoms with van der Waals surface area (Å²) in [5.41, 5.74) is 2.01. The molecule has 0 fully saturated rings. The maximum absolute atomic E-state index is 12.0. The molecule has 0 aliphatic carbocycles. The number of hydrogen-bond donors (Lipinski definition) is 1. The molecular weight excluding hydrogens is 244 g/mol. The molecule has 0 saturated carbocycles. The lowest BCUT2D eigenvalue weighted by atomic mass is 10.1. The smallest absolute Gasteiger partial charge is 0.243 e. The molecule has 1 aromatic rings. The first-order valence-corrected chi connectivity index (χ1v) is 6.16. The molecule has 2 rings (SSSR count). The monoisotopic (exact) mass is 260 g/mol. The van der Waals surface area contributed by atoms with E-state index in [2.05, 4.69) is 21.9 Å². The van der Waals surface area contributed by atoms with Crippen LogP contribution in [0.1, 0.15) is 17.7 Å². The highest BCUT2D eigenvalue weighted by atomic mass is 16.2. The van der Waals surface area contributed by atoms with Crippen LogP contribution in [0.25, 0.3) is 0 Å². The molecule has 2 heterocycles. The second-order valence-corrected chi connectivity index (χ2v) is 4.31. The van der Waals surface area contributed by atoms with E-state index < -0.39 is 0 Å². The summed E-state index contributed by atoms with van der Waals surface area (Å²) in [6.45, 7) is 4.89. The number of nitrogens with zero attached hydrogens (tertiary/aromatic N) is 3. The molecule has 1 aliphatic heterocycles. The van der Waals surface area contributed by atoms with E-state index in [1.165, 1.54) is 12.4 Å². The van der Waals surface area contributed by atoms with Crippen LogP contribution in [0.2, 0.25) is 0 Å². The average molecular weight is 260 g/mol. The third-order valence-corrected chi connectivity index (χ3v) is 3.04. The van der Waals surface area contributed by atoms with Gasteiger partial charge in [-0.3, -0.25) is 9.59 Å². The zero-order valence-electron chi connectivity index (χ0n) is 10.6. The second-order valence-electron chi connectivity index (χ2n) is 4.31. The van der Waals surface area contributed by atoms with Crippen molar-refractivity contribution < 1.29 is 9.59 Å². The van der Waals surface area contributed by atoms with Crippen molar-refractivity contribution in [3.05, 3.63) is 36.4 Å².